The van der Waals surface area contributed by atoms with E-state index in [-0.39, 0.29) is 5.56 Å². The summed E-state index contributed by atoms with van der Waals surface area (Å²) in [6, 6.07) is 19.8. The molecule has 0 aliphatic carbocycles. The summed E-state index contributed by atoms with van der Waals surface area (Å²) in [5.41, 5.74) is 5.03. The third kappa shape index (κ3) is 3.44. The number of fused-ring (bicyclic) bond motifs is 1. The Balaban J connectivity index is 1.86. The summed E-state index contributed by atoms with van der Waals surface area (Å²) in [6.07, 6.45) is 3.59. The maximum Gasteiger partial charge on any atom is 0.257 e. The van der Waals surface area contributed by atoms with E-state index < -0.39 is 0 Å². The number of H-pyrrole nitrogens is 1. The van der Waals surface area contributed by atoms with Crippen molar-refractivity contribution in [2.45, 2.75) is 0 Å². The molecule has 1 N–H and O–H groups in total. The van der Waals surface area contributed by atoms with Gasteiger partial charge in [0, 0.05) is 39.9 Å². The lowest BCUT2D eigenvalue weighted by Gasteiger charge is -2.16. The van der Waals surface area contributed by atoms with E-state index in [9.17, 15) is 4.79 Å². The number of hydrogen-bond acceptors (Lipinski definition) is 5. The fourth-order valence-electron chi connectivity index (χ4n) is 3.97. The Morgan fingerprint density at radius 2 is 1.62 bits per heavy atom. The van der Waals surface area contributed by atoms with Crippen molar-refractivity contribution in [2.75, 3.05) is 14.2 Å². The van der Waals surface area contributed by atoms with Gasteiger partial charge in [-0.25, -0.2) is 0 Å². The normalized spacial score (nSPS) is 10.9. The van der Waals surface area contributed by atoms with Crippen LogP contribution in [0.15, 0.2) is 83.2 Å². The first-order valence-corrected chi connectivity index (χ1v) is 10.9. The molecule has 0 aliphatic rings. The third-order valence-corrected chi connectivity index (χ3v) is 6.32. The molecule has 0 amide bonds. The van der Waals surface area contributed by atoms with Gasteiger partial charge in [-0.05, 0) is 40.8 Å². The highest BCUT2D eigenvalue weighted by molar-refractivity contribution is 7.13. The summed E-state index contributed by atoms with van der Waals surface area (Å²) in [5.74, 6) is 1.17. The number of aromatic nitrogens is 2. The van der Waals surface area contributed by atoms with Crippen LogP contribution in [0.1, 0.15) is 0 Å². The van der Waals surface area contributed by atoms with E-state index in [0.717, 1.165) is 32.5 Å². The number of rotatable bonds is 5. The van der Waals surface area contributed by atoms with Gasteiger partial charge in [0.1, 0.15) is 0 Å². The molecule has 0 bridgehead atoms. The zero-order valence-corrected chi connectivity index (χ0v) is 18.4. The quantitative estimate of drug-likeness (QED) is 0.364. The average molecular weight is 441 g/mol. The van der Waals surface area contributed by atoms with Gasteiger partial charge < -0.3 is 14.5 Å². The molecule has 6 heteroatoms. The predicted octanol–water partition coefficient (Wildman–Crippen LogP) is 6.00. The van der Waals surface area contributed by atoms with Gasteiger partial charge in [0.05, 0.1) is 25.3 Å². The number of aromatic amines is 1. The number of pyridine rings is 2. The molecule has 0 aliphatic heterocycles. The minimum atomic E-state index is -0.144. The Morgan fingerprint density at radius 3 is 2.34 bits per heavy atom. The second kappa shape index (κ2) is 8.32. The predicted molar refractivity (Wildman–Crippen MR) is 130 cm³/mol. The van der Waals surface area contributed by atoms with Crippen molar-refractivity contribution in [3.05, 3.63) is 88.8 Å². The van der Waals surface area contributed by atoms with Crippen LogP contribution < -0.4 is 15.0 Å². The lowest BCUT2D eigenvalue weighted by molar-refractivity contribution is 0.356. The summed E-state index contributed by atoms with van der Waals surface area (Å²) < 4.78 is 11.0. The van der Waals surface area contributed by atoms with Crippen LogP contribution in [0, 0.1) is 0 Å². The molecule has 32 heavy (non-hydrogen) atoms. The van der Waals surface area contributed by atoms with E-state index in [1.807, 2.05) is 66.2 Å². The van der Waals surface area contributed by atoms with Gasteiger partial charge in [-0.15, -0.1) is 11.3 Å². The van der Waals surface area contributed by atoms with Crippen LogP contribution >= 0.6 is 11.3 Å². The molecule has 158 valence electrons. The topological polar surface area (TPSA) is 64.2 Å². The smallest absolute Gasteiger partial charge is 0.257 e. The first-order chi connectivity index (χ1) is 15.7. The number of hydrogen-bond donors (Lipinski definition) is 1. The monoisotopic (exact) mass is 440 g/mol. The van der Waals surface area contributed by atoms with Crippen LogP contribution in [0.25, 0.3) is 43.6 Å². The Labute approximate surface area is 188 Å². The standard InChI is InChI=1S/C26H20N2O3S/c1-30-21-13-19-20(14-22(21)31-2)28-26(29)25(23-9-5-11-32-23)24(19)17-7-3-6-16(12-17)18-8-4-10-27-15-18/h3-15H,1-2H3,(H,28,29). The lowest BCUT2D eigenvalue weighted by atomic mass is 9.93. The Hall–Kier alpha value is -3.90. The molecular formula is C26H20N2O3S. The van der Waals surface area contributed by atoms with Crippen molar-refractivity contribution in [2.24, 2.45) is 0 Å². The van der Waals surface area contributed by atoms with Crippen LogP contribution in [-0.4, -0.2) is 24.2 Å². The molecule has 0 spiro atoms. The van der Waals surface area contributed by atoms with E-state index in [0.29, 0.717) is 22.6 Å². The molecule has 3 heterocycles. The van der Waals surface area contributed by atoms with E-state index in [2.05, 4.69) is 16.0 Å². The van der Waals surface area contributed by atoms with Crippen molar-refractivity contribution in [3.63, 3.8) is 0 Å². The highest BCUT2D eigenvalue weighted by Gasteiger charge is 2.19. The molecule has 5 nitrogen and oxygen atoms in total. The number of benzene rings is 2. The first kappa shape index (κ1) is 20.0. The van der Waals surface area contributed by atoms with Gasteiger partial charge >= 0.3 is 0 Å². The summed E-state index contributed by atoms with van der Waals surface area (Å²) in [5, 5.41) is 2.86. The number of thiophene rings is 1. The maximum atomic E-state index is 13.3. The number of methoxy groups -OCH3 is 2. The largest absolute Gasteiger partial charge is 0.493 e. The molecule has 0 saturated carbocycles. The van der Waals surface area contributed by atoms with E-state index in [1.54, 1.807) is 20.4 Å². The first-order valence-electron chi connectivity index (χ1n) is 10.1. The van der Waals surface area contributed by atoms with Crippen LogP contribution in [0.3, 0.4) is 0 Å². The maximum absolute atomic E-state index is 13.3. The fourth-order valence-corrected chi connectivity index (χ4v) is 4.74. The molecule has 0 saturated heterocycles. The zero-order chi connectivity index (χ0) is 22.1. The zero-order valence-electron chi connectivity index (χ0n) is 17.6. The minimum Gasteiger partial charge on any atom is -0.493 e. The van der Waals surface area contributed by atoms with Crippen LogP contribution in [0.2, 0.25) is 0 Å². The van der Waals surface area contributed by atoms with E-state index in [4.69, 9.17) is 9.47 Å². The Kier molecular flexibility index (Phi) is 5.21. The van der Waals surface area contributed by atoms with Crippen molar-refractivity contribution < 1.29 is 9.47 Å². The fraction of sp³-hybridized carbons (Fsp3) is 0.0769. The minimum absolute atomic E-state index is 0.144. The van der Waals surface area contributed by atoms with Gasteiger partial charge in [-0.3, -0.25) is 9.78 Å². The van der Waals surface area contributed by atoms with Gasteiger partial charge in [-0.1, -0.05) is 30.3 Å². The molecule has 5 aromatic rings. The number of nitrogens with one attached hydrogen (secondary N) is 1. The number of ether oxygens (including phenoxy) is 2. The molecule has 3 aromatic heterocycles. The Morgan fingerprint density at radius 1 is 0.844 bits per heavy atom. The van der Waals surface area contributed by atoms with Crippen LogP contribution in [-0.2, 0) is 0 Å². The van der Waals surface area contributed by atoms with Crippen LogP contribution in [0.4, 0.5) is 0 Å². The van der Waals surface area contributed by atoms with E-state index >= 15 is 0 Å². The second-order valence-corrected chi connectivity index (χ2v) is 8.20. The van der Waals surface area contributed by atoms with Gasteiger partial charge in [0.2, 0.25) is 0 Å². The van der Waals surface area contributed by atoms with Crippen molar-refractivity contribution in [3.8, 4) is 44.2 Å². The molecule has 0 atom stereocenters. The van der Waals surface area contributed by atoms with E-state index in [1.165, 1.54) is 11.3 Å². The average Bonchev–Trinajstić information content (AvgIpc) is 3.37. The second-order valence-electron chi connectivity index (χ2n) is 7.26. The summed E-state index contributed by atoms with van der Waals surface area (Å²) in [4.78, 5) is 21.5. The van der Waals surface area contributed by atoms with Crippen molar-refractivity contribution in [1.82, 2.24) is 9.97 Å². The molecular weight excluding hydrogens is 420 g/mol. The highest BCUT2D eigenvalue weighted by Crippen LogP contribution is 2.41. The number of nitrogens with zero attached hydrogens (tertiary/aromatic N) is 1. The van der Waals surface area contributed by atoms with Crippen molar-refractivity contribution in [1.29, 1.82) is 0 Å². The van der Waals surface area contributed by atoms with Gasteiger partial charge in [0.15, 0.2) is 11.5 Å². The summed E-state index contributed by atoms with van der Waals surface area (Å²) in [7, 11) is 3.19. The summed E-state index contributed by atoms with van der Waals surface area (Å²) >= 11 is 1.54. The molecule has 5 rings (SSSR count). The van der Waals surface area contributed by atoms with Crippen molar-refractivity contribution >= 4 is 22.2 Å². The Bertz CT molecular complexity index is 1460. The third-order valence-electron chi connectivity index (χ3n) is 5.43. The van der Waals surface area contributed by atoms with Gasteiger partial charge in [0.25, 0.3) is 5.56 Å². The molecule has 2 aromatic carbocycles. The molecule has 0 unspecified atom stereocenters. The molecule has 0 radical (unpaired) electrons. The van der Waals surface area contributed by atoms with Crippen LogP contribution in [0.5, 0.6) is 11.5 Å². The SMILES string of the molecule is COc1cc2[nH]c(=O)c(-c3cccs3)c(-c3cccc(-c4cccnc4)c3)c2cc1OC. The lowest BCUT2D eigenvalue weighted by Crippen LogP contribution is -2.11. The molecule has 0 fully saturated rings. The summed E-state index contributed by atoms with van der Waals surface area (Å²) in [6.45, 7) is 0. The van der Waals surface area contributed by atoms with Gasteiger partial charge in [-0.2, -0.15) is 0 Å². The highest BCUT2D eigenvalue weighted by atomic mass is 32.1.